The normalized spacial score (nSPS) is 15.8. The lowest BCUT2D eigenvalue weighted by Crippen LogP contribution is -2.46. The number of carbonyl (C=O) groups excluding carboxylic acids is 1. The van der Waals surface area contributed by atoms with Crippen LogP contribution in [-0.4, -0.2) is 52.7 Å². The van der Waals surface area contributed by atoms with Crippen LogP contribution in [0.5, 0.6) is 0 Å². The Hall–Kier alpha value is -2.94. The SMILES string of the molecule is CCN1CCN(c2ccc(F)cc2C(C)NC(=O)Cn2ccc(=O)n(C)c2=O)CC1. The molecule has 8 nitrogen and oxygen atoms in total. The maximum atomic E-state index is 14.0. The molecule has 9 heteroatoms. The van der Waals surface area contributed by atoms with Gasteiger partial charge in [0.2, 0.25) is 5.91 Å². The van der Waals surface area contributed by atoms with E-state index >= 15 is 0 Å². The molecule has 1 amide bonds. The molecule has 2 aromatic rings. The number of likely N-dealkylation sites (N-methyl/N-ethyl adjacent to an activating group) is 1. The molecule has 0 aliphatic carbocycles. The summed E-state index contributed by atoms with van der Waals surface area (Å²) in [6.45, 7) is 8.24. The summed E-state index contributed by atoms with van der Waals surface area (Å²) in [5.41, 5.74) is 0.600. The minimum Gasteiger partial charge on any atom is -0.369 e. The Morgan fingerprint density at radius 3 is 2.53 bits per heavy atom. The number of rotatable bonds is 6. The second-order valence-electron chi connectivity index (χ2n) is 7.54. The number of halogens is 1. The fourth-order valence-corrected chi connectivity index (χ4v) is 3.72. The van der Waals surface area contributed by atoms with Crippen molar-refractivity contribution in [2.45, 2.75) is 26.4 Å². The maximum absolute atomic E-state index is 14.0. The van der Waals surface area contributed by atoms with E-state index in [0.29, 0.717) is 5.56 Å². The van der Waals surface area contributed by atoms with Gasteiger partial charge in [0.25, 0.3) is 5.56 Å². The molecule has 1 fully saturated rings. The van der Waals surface area contributed by atoms with Crippen LogP contribution in [0.25, 0.3) is 0 Å². The number of hydrogen-bond donors (Lipinski definition) is 1. The summed E-state index contributed by atoms with van der Waals surface area (Å²) in [6.07, 6.45) is 1.30. The highest BCUT2D eigenvalue weighted by Gasteiger charge is 2.22. The van der Waals surface area contributed by atoms with Crippen molar-refractivity contribution in [3.05, 3.63) is 62.7 Å². The zero-order valence-corrected chi connectivity index (χ0v) is 17.6. The number of hydrogen-bond acceptors (Lipinski definition) is 5. The molecule has 1 aromatic heterocycles. The van der Waals surface area contributed by atoms with Gasteiger partial charge in [0.05, 0.1) is 6.04 Å². The highest BCUT2D eigenvalue weighted by atomic mass is 19.1. The minimum atomic E-state index is -0.564. The molecule has 1 saturated heterocycles. The Kier molecular flexibility index (Phi) is 6.71. The molecule has 1 atom stereocenters. The molecular formula is C21H28FN5O3. The van der Waals surface area contributed by atoms with Gasteiger partial charge in [-0.25, -0.2) is 9.18 Å². The molecule has 0 saturated carbocycles. The number of carbonyl (C=O) groups is 1. The van der Waals surface area contributed by atoms with Crippen molar-refractivity contribution in [1.29, 1.82) is 0 Å². The predicted octanol–water partition coefficient (Wildman–Crippen LogP) is 0.705. The van der Waals surface area contributed by atoms with E-state index in [4.69, 9.17) is 0 Å². The van der Waals surface area contributed by atoms with Gasteiger partial charge in [-0.05, 0) is 31.7 Å². The molecule has 1 aromatic carbocycles. The van der Waals surface area contributed by atoms with Crippen molar-refractivity contribution in [1.82, 2.24) is 19.4 Å². The number of aromatic nitrogens is 2. The quantitative estimate of drug-likeness (QED) is 0.749. The summed E-state index contributed by atoms with van der Waals surface area (Å²) in [6, 6.07) is 5.43. The molecule has 2 heterocycles. The summed E-state index contributed by atoms with van der Waals surface area (Å²) in [5.74, 6) is -0.759. The van der Waals surface area contributed by atoms with Crippen molar-refractivity contribution >= 4 is 11.6 Å². The van der Waals surface area contributed by atoms with E-state index in [2.05, 4.69) is 22.0 Å². The number of benzene rings is 1. The molecule has 1 aliphatic rings. The van der Waals surface area contributed by atoms with Crippen molar-refractivity contribution in [2.75, 3.05) is 37.6 Å². The van der Waals surface area contributed by atoms with E-state index in [9.17, 15) is 18.8 Å². The Balaban J connectivity index is 1.75. The van der Waals surface area contributed by atoms with Gasteiger partial charge in [0.1, 0.15) is 12.4 Å². The fourth-order valence-electron chi connectivity index (χ4n) is 3.72. The van der Waals surface area contributed by atoms with E-state index < -0.39 is 23.2 Å². The maximum Gasteiger partial charge on any atom is 0.331 e. The first-order valence-corrected chi connectivity index (χ1v) is 10.1. The summed E-state index contributed by atoms with van der Waals surface area (Å²) in [5, 5.41) is 2.84. The summed E-state index contributed by atoms with van der Waals surface area (Å²) < 4.78 is 16.1. The third kappa shape index (κ3) is 4.79. The van der Waals surface area contributed by atoms with Crippen LogP contribution in [-0.2, 0) is 18.4 Å². The third-order valence-corrected chi connectivity index (χ3v) is 5.57. The van der Waals surface area contributed by atoms with Crippen LogP contribution in [0, 0.1) is 5.82 Å². The van der Waals surface area contributed by atoms with Gasteiger partial charge in [0.15, 0.2) is 0 Å². The van der Waals surface area contributed by atoms with Crippen LogP contribution in [0.3, 0.4) is 0 Å². The number of amides is 1. The van der Waals surface area contributed by atoms with Crippen molar-refractivity contribution < 1.29 is 9.18 Å². The average molecular weight is 417 g/mol. The second-order valence-corrected chi connectivity index (χ2v) is 7.54. The Labute approximate surface area is 174 Å². The van der Waals surface area contributed by atoms with Gasteiger partial charge in [0, 0.05) is 56.7 Å². The molecule has 0 radical (unpaired) electrons. The molecule has 1 unspecified atom stereocenters. The van der Waals surface area contributed by atoms with E-state index in [0.717, 1.165) is 43.0 Å². The van der Waals surface area contributed by atoms with Gasteiger partial charge in [-0.15, -0.1) is 0 Å². The molecule has 1 N–H and O–H groups in total. The molecular weight excluding hydrogens is 389 g/mol. The Morgan fingerprint density at radius 1 is 1.17 bits per heavy atom. The van der Waals surface area contributed by atoms with Crippen LogP contribution >= 0.6 is 0 Å². The van der Waals surface area contributed by atoms with Gasteiger partial charge in [-0.2, -0.15) is 0 Å². The molecule has 3 rings (SSSR count). The fraction of sp³-hybridized carbons (Fsp3) is 0.476. The topological polar surface area (TPSA) is 79.6 Å². The first kappa shape index (κ1) is 21.8. The van der Waals surface area contributed by atoms with Crippen LogP contribution in [0.15, 0.2) is 40.1 Å². The zero-order chi connectivity index (χ0) is 21.8. The summed E-state index contributed by atoms with van der Waals surface area (Å²) >= 11 is 0. The molecule has 0 spiro atoms. The second kappa shape index (κ2) is 9.25. The summed E-state index contributed by atoms with van der Waals surface area (Å²) in [4.78, 5) is 40.7. The lowest BCUT2D eigenvalue weighted by Gasteiger charge is -2.37. The monoisotopic (exact) mass is 417 g/mol. The lowest BCUT2D eigenvalue weighted by atomic mass is 10.0. The molecule has 1 aliphatic heterocycles. The highest BCUT2D eigenvalue weighted by molar-refractivity contribution is 5.76. The van der Waals surface area contributed by atoms with E-state index in [1.165, 1.54) is 36.0 Å². The van der Waals surface area contributed by atoms with Crippen LogP contribution in [0.1, 0.15) is 25.5 Å². The lowest BCUT2D eigenvalue weighted by molar-refractivity contribution is -0.122. The molecule has 30 heavy (non-hydrogen) atoms. The minimum absolute atomic E-state index is 0.225. The van der Waals surface area contributed by atoms with Gasteiger partial charge < -0.3 is 15.1 Å². The van der Waals surface area contributed by atoms with E-state index in [-0.39, 0.29) is 12.4 Å². The highest BCUT2D eigenvalue weighted by Crippen LogP contribution is 2.28. The number of nitrogens with zero attached hydrogens (tertiary/aromatic N) is 4. The van der Waals surface area contributed by atoms with Crippen molar-refractivity contribution in [2.24, 2.45) is 7.05 Å². The number of nitrogens with one attached hydrogen (secondary N) is 1. The first-order valence-electron chi connectivity index (χ1n) is 10.1. The summed E-state index contributed by atoms with van der Waals surface area (Å²) in [7, 11) is 1.36. The van der Waals surface area contributed by atoms with Gasteiger partial charge in [-0.3, -0.25) is 18.7 Å². The third-order valence-electron chi connectivity index (χ3n) is 5.57. The Morgan fingerprint density at radius 2 is 1.87 bits per heavy atom. The smallest absolute Gasteiger partial charge is 0.331 e. The van der Waals surface area contributed by atoms with Crippen molar-refractivity contribution in [3.8, 4) is 0 Å². The number of anilines is 1. The molecule has 0 bridgehead atoms. The molecule has 162 valence electrons. The first-order chi connectivity index (χ1) is 14.3. The van der Waals surface area contributed by atoms with Gasteiger partial charge in [-0.1, -0.05) is 6.92 Å². The van der Waals surface area contributed by atoms with E-state index in [1.807, 2.05) is 0 Å². The largest absolute Gasteiger partial charge is 0.369 e. The zero-order valence-electron chi connectivity index (χ0n) is 17.6. The van der Waals surface area contributed by atoms with Crippen LogP contribution in [0.4, 0.5) is 10.1 Å². The van der Waals surface area contributed by atoms with Gasteiger partial charge >= 0.3 is 5.69 Å². The standard InChI is InChI=1S/C21H28FN5O3/c1-4-25-9-11-26(12-10-25)18-6-5-16(22)13-17(18)15(2)23-19(28)14-27-8-7-20(29)24(3)21(27)30/h5-8,13,15H,4,9-12,14H2,1-3H3,(H,23,28). The average Bonchev–Trinajstić information content (AvgIpc) is 2.74. The van der Waals surface area contributed by atoms with Crippen LogP contribution in [0.2, 0.25) is 0 Å². The van der Waals surface area contributed by atoms with Crippen LogP contribution < -0.4 is 21.5 Å². The van der Waals surface area contributed by atoms with E-state index in [1.54, 1.807) is 13.0 Å². The predicted molar refractivity (Wildman–Crippen MR) is 113 cm³/mol. The van der Waals surface area contributed by atoms with Crippen molar-refractivity contribution in [3.63, 3.8) is 0 Å². The Bertz CT molecular complexity index is 1020. The number of piperazine rings is 1.